The third-order valence-corrected chi connectivity index (χ3v) is 5.15. The summed E-state index contributed by atoms with van der Waals surface area (Å²) in [5.74, 6) is 0.596. The first-order valence-corrected chi connectivity index (χ1v) is 10.4. The molecule has 0 saturated heterocycles. The van der Waals surface area contributed by atoms with E-state index < -0.39 is 6.03 Å². The van der Waals surface area contributed by atoms with E-state index in [-0.39, 0.29) is 18.3 Å². The van der Waals surface area contributed by atoms with E-state index in [0.29, 0.717) is 39.6 Å². The maximum absolute atomic E-state index is 12.8. The Morgan fingerprint density at radius 2 is 1.56 bits per heavy atom. The predicted molar refractivity (Wildman–Crippen MR) is 132 cm³/mol. The standard InChI is InChI=1S/C25H27N5O4/c1-15-21(33-2)12-18(13-22(15)34-3)24(31)28-14-17-10-9-16(23(26)27)11-20(17)30-25(32)29-19-7-5-4-6-8-19/h4-13H,14H2,1-3H3,(H3,26,27)(H,28,31)(H2,29,30,32). The molecule has 0 aromatic heterocycles. The average molecular weight is 462 g/mol. The number of hydrogen-bond acceptors (Lipinski definition) is 5. The summed E-state index contributed by atoms with van der Waals surface area (Å²) in [6.45, 7) is 1.96. The number of anilines is 2. The summed E-state index contributed by atoms with van der Waals surface area (Å²) in [5.41, 5.74) is 8.89. The summed E-state index contributed by atoms with van der Waals surface area (Å²) < 4.78 is 10.7. The molecule has 3 rings (SSSR count). The second-order valence-electron chi connectivity index (χ2n) is 7.42. The van der Waals surface area contributed by atoms with Crippen LogP contribution in [-0.2, 0) is 6.54 Å². The minimum absolute atomic E-state index is 0.122. The van der Waals surface area contributed by atoms with Crippen molar-refractivity contribution in [1.29, 1.82) is 5.41 Å². The molecule has 9 nitrogen and oxygen atoms in total. The number of nitrogen functional groups attached to an aromatic ring is 1. The lowest BCUT2D eigenvalue weighted by molar-refractivity contribution is 0.0950. The first kappa shape index (κ1) is 24.1. The molecular weight excluding hydrogens is 434 g/mol. The van der Waals surface area contributed by atoms with Gasteiger partial charge in [-0.15, -0.1) is 0 Å². The minimum Gasteiger partial charge on any atom is -0.496 e. The van der Waals surface area contributed by atoms with Gasteiger partial charge in [0, 0.05) is 34.6 Å². The molecule has 0 atom stereocenters. The van der Waals surface area contributed by atoms with Crippen LogP contribution in [0.3, 0.4) is 0 Å². The van der Waals surface area contributed by atoms with Crippen LogP contribution in [0.15, 0.2) is 60.7 Å². The van der Waals surface area contributed by atoms with Crippen molar-refractivity contribution in [3.63, 3.8) is 0 Å². The summed E-state index contributed by atoms with van der Waals surface area (Å²) in [5, 5.41) is 16.0. The number of amides is 3. The number of ether oxygens (including phenoxy) is 2. The number of methoxy groups -OCH3 is 2. The van der Waals surface area contributed by atoms with Crippen LogP contribution in [0.5, 0.6) is 11.5 Å². The molecule has 3 amide bonds. The van der Waals surface area contributed by atoms with Crippen LogP contribution in [0.25, 0.3) is 0 Å². The number of carbonyl (C=O) groups excluding carboxylic acids is 2. The zero-order valence-corrected chi connectivity index (χ0v) is 19.2. The second-order valence-corrected chi connectivity index (χ2v) is 7.42. The Labute approximate surface area is 197 Å². The molecule has 0 fully saturated rings. The lowest BCUT2D eigenvalue weighted by Crippen LogP contribution is -2.25. The molecular formula is C25H27N5O4. The first-order valence-electron chi connectivity index (χ1n) is 10.4. The summed E-state index contributed by atoms with van der Waals surface area (Å²) in [6.07, 6.45) is 0. The molecule has 0 aliphatic carbocycles. The number of amidine groups is 1. The molecule has 0 spiro atoms. The van der Waals surface area contributed by atoms with Crippen LogP contribution in [0.4, 0.5) is 16.2 Å². The lowest BCUT2D eigenvalue weighted by atomic mass is 10.1. The highest BCUT2D eigenvalue weighted by molar-refractivity contribution is 6.02. The van der Waals surface area contributed by atoms with Crippen LogP contribution < -0.4 is 31.2 Å². The van der Waals surface area contributed by atoms with Crippen molar-refractivity contribution < 1.29 is 19.1 Å². The van der Waals surface area contributed by atoms with Gasteiger partial charge in [-0.05, 0) is 42.8 Å². The van der Waals surface area contributed by atoms with Crippen molar-refractivity contribution in [3.8, 4) is 11.5 Å². The number of nitrogens with one attached hydrogen (secondary N) is 4. The van der Waals surface area contributed by atoms with Gasteiger partial charge < -0.3 is 31.2 Å². The van der Waals surface area contributed by atoms with Gasteiger partial charge >= 0.3 is 6.03 Å². The Morgan fingerprint density at radius 1 is 0.912 bits per heavy atom. The molecule has 0 aliphatic heterocycles. The normalized spacial score (nSPS) is 10.2. The Kier molecular flexibility index (Phi) is 7.71. The van der Waals surface area contributed by atoms with E-state index in [1.807, 2.05) is 25.1 Å². The van der Waals surface area contributed by atoms with E-state index >= 15 is 0 Å². The molecule has 0 unspecified atom stereocenters. The van der Waals surface area contributed by atoms with Crippen molar-refractivity contribution in [3.05, 3.63) is 82.9 Å². The topological polar surface area (TPSA) is 139 Å². The highest BCUT2D eigenvalue weighted by Crippen LogP contribution is 2.29. The fraction of sp³-hybridized carbons (Fsp3) is 0.160. The highest BCUT2D eigenvalue weighted by atomic mass is 16.5. The summed E-state index contributed by atoms with van der Waals surface area (Å²) >= 11 is 0. The van der Waals surface area contributed by atoms with Crippen molar-refractivity contribution in [2.45, 2.75) is 13.5 Å². The molecule has 176 valence electrons. The Hall–Kier alpha value is -4.53. The van der Waals surface area contributed by atoms with E-state index in [9.17, 15) is 9.59 Å². The maximum Gasteiger partial charge on any atom is 0.323 e. The van der Waals surface area contributed by atoms with Gasteiger partial charge in [0.2, 0.25) is 0 Å². The minimum atomic E-state index is -0.465. The number of hydrogen-bond donors (Lipinski definition) is 5. The third kappa shape index (κ3) is 5.83. The monoisotopic (exact) mass is 461 g/mol. The highest BCUT2D eigenvalue weighted by Gasteiger charge is 2.15. The number of carbonyl (C=O) groups is 2. The Bertz CT molecular complexity index is 1190. The number of para-hydroxylation sites is 1. The fourth-order valence-electron chi connectivity index (χ4n) is 3.32. The Balaban J connectivity index is 1.79. The summed E-state index contributed by atoms with van der Waals surface area (Å²) in [7, 11) is 3.05. The fourth-order valence-corrected chi connectivity index (χ4v) is 3.32. The molecule has 0 saturated carbocycles. The van der Waals surface area contributed by atoms with Crippen LogP contribution in [0, 0.1) is 12.3 Å². The predicted octanol–water partition coefficient (Wildman–Crippen LogP) is 3.87. The van der Waals surface area contributed by atoms with E-state index in [0.717, 1.165) is 5.56 Å². The summed E-state index contributed by atoms with van der Waals surface area (Å²) in [4.78, 5) is 25.4. The lowest BCUT2D eigenvalue weighted by Gasteiger charge is -2.15. The van der Waals surface area contributed by atoms with Crippen LogP contribution in [0.2, 0.25) is 0 Å². The van der Waals surface area contributed by atoms with Crippen LogP contribution in [0.1, 0.15) is 27.0 Å². The van der Waals surface area contributed by atoms with E-state index in [1.54, 1.807) is 42.5 Å². The first-order chi connectivity index (χ1) is 16.3. The van der Waals surface area contributed by atoms with Gasteiger partial charge in [0.1, 0.15) is 17.3 Å². The van der Waals surface area contributed by atoms with Gasteiger partial charge in [-0.2, -0.15) is 0 Å². The molecule has 3 aromatic carbocycles. The quantitative estimate of drug-likeness (QED) is 0.256. The zero-order valence-electron chi connectivity index (χ0n) is 19.2. The number of urea groups is 1. The molecule has 0 aliphatic rings. The van der Waals surface area contributed by atoms with Gasteiger partial charge in [-0.1, -0.05) is 30.3 Å². The number of rotatable bonds is 8. The smallest absolute Gasteiger partial charge is 0.323 e. The molecule has 0 radical (unpaired) electrons. The van der Waals surface area contributed by atoms with Crippen molar-refractivity contribution >= 4 is 29.1 Å². The van der Waals surface area contributed by atoms with Gasteiger partial charge in [0.25, 0.3) is 5.91 Å². The molecule has 9 heteroatoms. The molecule has 0 heterocycles. The van der Waals surface area contributed by atoms with Crippen molar-refractivity contribution in [1.82, 2.24) is 5.32 Å². The Morgan fingerprint density at radius 3 is 2.15 bits per heavy atom. The molecule has 34 heavy (non-hydrogen) atoms. The molecule has 3 aromatic rings. The van der Waals surface area contributed by atoms with Gasteiger partial charge in [0.05, 0.1) is 14.2 Å². The van der Waals surface area contributed by atoms with Gasteiger partial charge in [0.15, 0.2) is 0 Å². The van der Waals surface area contributed by atoms with Crippen molar-refractivity contribution in [2.75, 3.05) is 24.9 Å². The largest absolute Gasteiger partial charge is 0.496 e. The zero-order chi connectivity index (χ0) is 24.7. The number of nitrogens with two attached hydrogens (primary N) is 1. The summed E-state index contributed by atoms with van der Waals surface area (Å²) in [6, 6.07) is 16.7. The molecule has 6 N–H and O–H groups in total. The number of benzene rings is 3. The second kappa shape index (κ2) is 10.9. The van der Waals surface area contributed by atoms with Gasteiger partial charge in [-0.25, -0.2) is 4.79 Å². The molecule has 0 bridgehead atoms. The van der Waals surface area contributed by atoms with Crippen molar-refractivity contribution in [2.24, 2.45) is 5.73 Å². The van der Waals surface area contributed by atoms with E-state index in [4.69, 9.17) is 20.6 Å². The average Bonchev–Trinajstić information content (AvgIpc) is 2.83. The van der Waals surface area contributed by atoms with Crippen LogP contribution in [-0.4, -0.2) is 32.0 Å². The SMILES string of the molecule is COc1cc(C(=O)NCc2ccc(C(=N)N)cc2NC(=O)Nc2ccccc2)cc(OC)c1C. The van der Waals surface area contributed by atoms with E-state index in [1.165, 1.54) is 14.2 Å². The third-order valence-electron chi connectivity index (χ3n) is 5.15. The van der Waals surface area contributed by atoms with Crippen LogP contribution >= 0.6 is 0 Å². The van der Waals surface area contributed by atoms with E-state index in [2.05, 4.69) is 16.0 Å². The van der Waals surface area contributed by atoms with Gasteiger partial charge in [-0.3, -0.25) is 10.2 Å². The maximum atomic E-state index is 12.8.